The summed E-state index contributed by atoms with van der Waals surface area (Å²) in [4.78, 5) is 0. The van der Waals surface area contributed by atoms with Crippen molar-refractivity contribution in [3.05, 3.63) is 90.0 Å². The Morgan fingerprint density at radius 3 is 2.21 bits per heavy atom. The second-order valence-electron chi connectivity index (χ2n) is 7.81. The van der Waals surface area contributed by atoms with Gasteiger partial charge in [-0.15, -0.1) is 0 Å². The molecular weight excluding hydrogens is 360 g/mol. The van der Waals surface area contributed by atoms with Crippen molar-refractivity contribution in [2.75, 3.05) is 6.61 Å². The number of ether oxygens (including phenoxy) is 2. The van der Waals surface area contributed by atoms with Crippen molar-refractivity contribution in [1.29, 1.82) is 0 Å². The normalized spacial score (nSPS) is 14.1. The van der Waals surface area contributed by atoms with Crippen LogP contribution in [-0.4, -0.2) is 17.8 Å². The summed E-state index contributed by atoms with van der Waals surface area (Å²) in [5, 5.41) is 10.2. The van der Waals surface area contributed by atoms with E-state index >= 15 is 0 Å². The van der Waals surface area contributed by atoms with Crippen LogP contribution in [0.4, 0.5) is 0 Å². The van der Waals surface area contributed by atoms with E-state index in [1.165, 1.54) is 11.1 Å². The molecule has 3 rings (SSSR count). The topological polar surface area (TPSA) is 38.7 Å². The maximum absolute atomic E-state index is 10.2. The minimum absolute atomic E-state index is 0.204. The van der Waals surface area contributed by atoms with Crippen LogP contribution in [0.3, 0.4) is 0 Å². The summed E-state index contributed by atoms with van der Waals surface area (Å²) in [5.74, 6) is 2.51. The van der Waals surface area contributed by atoms with E-state index in [1.54, 1.807) is 0 Å². The Morgan fingerprint density at radius 2 is 1.55 bits per heavy atom. The molecule has 2 unspecified atom stereocenters. The number of aliphatic hydroxyl groups is 1. The summed E-state index contributed by atoms with van der Waals surface area (Å²) in [6.45, 7) is 6.69. The van der Waals surface area contributed by atoms with Gasteiger partial charge in [0.2, 0.25) is 0 Å². The third-order valence-electron chi connectivity index (χ3n) is 5.08. The van der Waals surface area contributed by atoms with Crippen LogP contribution in [0.5, 0.6) is 17.2 Å². The first kappa shape index (κ1) is 20.9. The van der Waals surface area contributed by atoms with E-state index in [-0.39, 0.29) is 5.41 Å². The Labute approximate surface area is 173 Å². The Bertz CT molecular complexity index is 887. The van der Waals surface area contributed by atoms with E-state index in [4.69, 9.17) is 9.47 Å². The van der Waals surface area contributed by atoms with Crippen molar-refractivity contribution in [3.8, 4) is 17.2 Å². The first-order valence-corrected chi connectivity index (χ1v) is 10.2. The second-order valence-corrected chi connectivity index (χ2v) is 7.81. The molecule has 0 aliphatic rings. The van der Waals surface area contributed by atoms with E-state index in [0.29, 0.717) is 13.0 Å². The largest absolute Gasteiger partial charge is 0.494 e. The molecule has 3 heteroatoms. The average molecular weight is 391 g/mol. The van der Waals surface area contributed by atoms with E-state index in [2.05, 4.69) is 31.2 Å². The van der Waals surface area contributed by atoms with Crippen molar-refractivity contribution in [1.82, 2.24) is 0 Å². The summed E-state index contributed by atoms with van der Waals surface area (Å²) in [6, 6.07) is 26.2. The molecule has 0 radical (unpaired) electrons. The maximum Gasteiger partial charge on any atom is 0.127 e. The summed E-state index contributed by atoms with van der Waals surface area (Å²) in [6.07, 6.45) is 1.08. The van der Waals surface area contributed by atoms with Gasteiger partial charge in [-0.1, -0.05) is 49.4 Å². The van der Waals surface area contributed by atoms with E-state index in [0.717, 1.165) is 23.7 Å². The molecular formula is C26H30O3. The lowest BCUT2D eigenvalue weighted by Gasteiger charge is -2.32. The summed E-state index contributed by atoms with van der Waals surface area (Å²) in [7, 11) is 0. The molecule has 0 heterocycles. The molecule has 0 spiro atoms. The second kappa shape index (κ2) is 9.62. The Kier molecular flexibility index (Phi) is 6.95. The van der Waals surface area contributed by atoms with Crippen LogP contribution >= 0.6 is 0 Å². The number of rotatable bonds is 9. The number of hydrogen-bond acceptors (Lipinski definition) is 3. The summed E-state index contributed by atoms with van der Waals surface area (Å²) in [5.41, 5.74) is 2.16. The minimum Gasteiger partial charge on any atom is -0.494 e. The van der Waals surface area contributed by atoms with Gasteiger partial charge in [0.05, 0.1) is 12.7 Å². The molecule has 0 bridgehead atoms. The van der Waals surface area contributed by atoms with E-state index in [9.17, 15) is 5.11 Å². The molecule has 0 fully saturated rings. The van der Waals surface area contributed by atoms with Gasteiger partial charge in [-0.25, -0.2) is 0 Å². The van der Waals surface area contributed by atoms with Gasteiger partial charge < -0.3 is 14.6 Å². The fourth-order valence-electron chi connectivity index (χ4n) is 3.86. The Hall–Kier alpha value is -2.78. The lowest BCUT2D eigenvalue weighted by molar-refractivity contribution is 0.151. The standard InChI is InChI=1S/C26H30O3/c1-4-28-23-15-13-22(14-16-23)26(3,18-20(2)27)19-21-9-8-12-25(17-21)29-24-10-6-5-7-11-24/h5-17,20,27H,4,18-19H2,1-3H3. The van der Waals surface area contributed by atoms with Crippen LogP contribution in [0, 0.1) is 0 Å². The van der Waals surface area contributed by atoms with Gasteiger partial charge in [0.25, 0.3) is 0 Å². The minimum atomic E-state index is -0.393. The molecule has 0 saturated carbocycles. The molecule has 0 aromatic heterocycles. The van der Waals surface area contributed by atoms with E-state index < -0.39 is 6.10 Å². The molecule has 29 heavy (non-hydrogen) atoms. The first-order valence-electron chi connectivity index (χ1n) is 10.2. The number of hydrogen-bond donors (Lipinski definition) is 1. The zero-order chi connectivity index (χ0) is 20.7. The fraction of sp³-hybridized carbons (Fsp3) is 0.308. The predicted molar refractivity (Wildman–Crippen MR) is 118 cm³/mol. The van der Waals surface area contributed by atoms with Gasteiger partial charge in [0.1, 0.15) is 17.2 Å². The highest BCUT2D eigenvalue weighted by Crippen LogP contribution is 2.35. The number of benzene rings is 3. The molecule has 3 nitrogen and oxygen atoms in total. The van der Waals surface area contributed by atoms with Crippen molar-refractivity contribution < 1.29 is 14.6 Å². The van der Waals surface area contributed by atoms with Crippen LogP contribution in [0.1, 0.15) is 38.3 Å². The molecule has 1 N–H and O–H groups in total. The lowest BCUT2D eigenvalue weighted by atomic mass is 9.73. The van der Waals surface area contributed by atoms with Crippen LogP contribution in [0.15, 0.2) is 78.9 Å². The van der Waals surface area contributed by atoms with Crippen LogP contribution in [0.25, 0.3) is 0 Å². The zero-order valence-electron chi connectivity index (χ0n) is 17.5. The Morgan fingerprint density at radius 1 is 0.862 bits per heavy atom. The predicted octanol–water partition coefficient (Wildman–Crippen LogP) is 6.15. The highest BCUT2D eigenvalue weighted by molar-refractivity contribution is 5.37. The lowest BCUT2D eigenvalue weighted by Crippen LogP contribution is -2.29. The highest BCUT2D eigenvalue weighted by atomic mass is 16.5. The molecule has 152 valence electrons. The van der Waals surface area contributed by atoms with Gasteiger partial charge in [0, 0.05) is 0 Å². The van der Waals surface area contributed by atoms with Crippen molar-refractivity contribution in [2.24, 2.45) is 0 Å². The fourth-order valence-corrected chi connectivity index (χ4v) is 3.86. The average Bonchev–Trinajstić information content (AvgIpc) is 2.69. The van der Waals surface area contributed by atoms with E-state index in [1.807, 2.05) is 68.4 Å². The van der Waals surface area contributed by atoms with Crippen molar-refractivity contribution in [2.45, 2.75) is 45.1 Å². The monoisotopic (exact) mass is 390 g/mol. The molecule has 3 aromatic rings. The smallest absolute Gasteiger partial charge is 0.127 e. The maximum atomic E-state index is 10.2. The van der Waals surface area contributed by atoms with Gasteiger partial charge in [-0.3, -0.25) is 0 Å². The summed E-state index contributed by atoms with van der Waals surface area (Å²) >= 11 is 0. The summed E-state index contributed by atoms with van der Waals surface area (Å²) < 4.78 is 11.6. The van der Waals surface area contributed by atoms with Gasteiger partial charge in [-0.05, 0) is 79.6 Å². The third kappa shape index (κ3) is 5.85. The van der Waals surface area contributed by atoms with Gasteiger partial charge >= 0.3 is 0 Å². The quantitative estimate of drug-likeness (QED) is 0.476. The van der Waals surface area contributed by atoms with Crippen molar-refractivity contribution in [3.63, 3.8) is 0 Å². The molecule has 0 saturated heterocycles. The highest BCUT2D eigenvalue weighted by Gasteiger charge is 2.29. The van der Waals surface area contributed by atoms with Crippen molar-refractivity contribution >= 4 is 0 Å². The van der Waals surface area contributed by atoms with Crippen LogP contribution in [0.2, 0.25) is 0 Å². The molecule has 0 aliphatic carbocycles. The number of aliphatic hydroxyl groups excluding tert-OH is 1. The molecule has 0 amide bonds. The van der Waals surface area contributed by atoms with Crippen LogP contribution < -0.4 is 9.47 Å². The molecule has 0 aliphatic heterocycles. The number of para-hydroxylation sites is 1. The van der Waals surface area contributed by atoms with Gasteiger partial charge in [0.15, 0.2) is 0 Å². The molecule has 2 atom stereocenters. The third-order valence-corrected chi connectivity index (χ3v) is 5.08. The van der Waals surface area contributed by atoms with Crippen LogP contribution in [-0.2, 0) is 11.8 Å². The van der Waals surface area contributed by atoms with Gasteiger partial charge in [-0.2, -0.15) is 0 Å². The Balaban J connectivity index is 1.83. The SMILES string of the molecule is CCOc1ccc(C(C)(Cc2cccc(Oc3ccccc3)c2)CC(C)O)cc1. The first-order chi connectivity index (χ1) is 14.0. The molecule has 3 aromatic carbocycles. The zero-order valence-corrected chi connectivity index (χ0v) is 17.5.